The standard InChI is InChI=1S/C15H27N3/c1-15(2,3)13-7-4-5-8-14(13)16-10-12-18-11-6-9-17-18/h6,9,11,13-14,16H,4-5,7-8,10,12H2,1-3H3. The molecule has 1 saturated carbocycles. The first-order valence-electron chi connectivity index (χ1n) is 7.28. The smallest absolute Gasteiger partial charge is 0.0534 e. The minimum absolute atomic E-state index is 0.420. The molecule has 2 rings (SSSR count). The summed E-state index contributed by atoms with van der Waals surface area (Å²) in [5.74, 6) is 0.809. The molecule has 0 aliphatic heterocycles. The number of nitrogens with one attached hydrogen (secondary N) is 1. The van der Waals surface area contributed by atoms with Gasteiger partial charge in [-0.1, -0.05) is 33.6 Å². The Morgan fingerprint density at radius 1 is 1.28 bits per heavy atom. The molecule has 0 bridgehead atoms. The van der Waals surface area contributed by atoms with Crippen LogP contribution in [0.1, 0.15) is 46.5 Å². The van der Waals surface area contributed by atoms with Crippen LogP contribution in [0.15, 0.2) is 18.5 Å². The van der Waals surface area contributed by atoms with Gasteiger partial charge in [-0.15, -0.1) is 0 Å². The van der Waals surface area contributed by atoms with E-state index >= 15 is 0 Å². The minimum Gasteiger partial charge on any atom is -0.312 e. The van der Waals surface area contributed by atoms with Crippen LogP contribution in [0.2, 0.25) is 0 Å². The summed E-state index contributed by atoms with van der Waals surface area (Å²) in [6.07, 6.45) is 9.37. The van der Waals surface area contributed by atoms with Gasteiger partial charge in [0.2, 0.25) is 0 Å². The lowest BCUT2D eigenvalue weighted by atomic mass is 9.69. The van der Waals surface area contributed by atoms with Crippen LogP contribution in [0.25, 0.3) is 0 Å². The highest BCUT2D eigenvalue weighted by Crippen LogP contribution is 2.37. The molecule has 1 aliphatic rings. The van der Waals surface area contributed by atoms with Crippen LogP contribution in [-0.4, -0.2) is 22.4 Å². The molecule has 0 saturated heterocycles. The molecule has 1 aromatic rings. The molecule has 0 spiro atoms. The van der Waals surface area contributed by atoms with Crippen molar-refractivity contribution in [1.82, 2.24) is 15.1 Å². The summed E-state index contributed by atoms with van der Waals surface area (Å²) in [4.78, 5) is 0. The number of nitrogens with zero attached hydrogens (tertiary/aromatic N) is 2. The molecule has 1 heterocycles. The topological polar surface area (TPSA) is 29.9 Å². The molecule has 3 heteroatoms. The van der Waals surface area contributed by atoms with Crippen molar-refractivity contribution in [2.75, 3.05) is 6.54 Å². The molecular weight excluding hydrogens is 222 g/mol. The van der Waals surface area contributed by atoms with Crippen molar-refractivity contribution in [1.29, 1.82) is 0 Å². The van der Waals surface area contributed by atoms with Gasteiger partial charge in [-0.2, -0.15) is 5.10 Å². The third-order valence-electron chi connectivity index (χ3n) is 4.18. The minimum atomic E-state index is 0.420. The summed E-state index contributed by atoms with van der Waals surface area (Å²) in [5, 5.41) is 8.00. The van der Waals surface area contributed by atoms with Gasteiger partial charge < -0.3 is 5.32 Å². The molecule has 18 heavy (non-hydrogen) atoms. The number of rotatable bonds is 4. The highest BCUT2D eigenvalue weighted by molar-refractivity contribution is 4.88. The fourth-order valence-electron chi connectivity index (χ4n) is 3.21. The van der Waals surface area contributed by atoms with Crippen LogP contribution in [-0.2, 0) is 6.54 Å². The van der Waals surface area contributed by atoms with Crippen LogP contribution in [0.3, 0.4) is 0 Å². The molecule has 102 valence electrons. The zero-order valence-electron chi connectivity index (χ0n) is 12.0. The molecule has 0 radical (unpaired) electrons. The summed E-state index contributed by atoms with van der Waals surface area (Å²) in [6.45, 7) is 9.14. The Kier molecular flexibility index (Phi) is 4.44. The van der Waals surface area contributed by atoms with Gasteiger partial charge in [0, 0.05) is 25.0 Å². The van der Waals surface area contributed by atoms with Crippen molar-refractivity contribution in [2.24, 2.45) is 11.3 Å². The van der Waals surface area contributed by atoms with E-state index in [1.165, 1.54) is 25.7 Å². The summed E-state index contributed by atoms with van der Waals surface area (Å²) in [7, 11) is 0. The Bertz CT molecular complexity index is 337. The third kappa shape index (κ3) is 3.58. The predicted octanol–water partition coefficient (Wildman–Crippen LogP) is 3.08. The van der Waals surface area contributed by atoms with E-state index in [9.17, 15) is 0 Å². The fraction of sp³-hybridized carbons (Fsp3) is 0.800. The van der Waals surface area contributed by atoms with E-state index in [1.807, 2.05) is 23.1 Å². The second-order valence-corrected chi connectivity index (χ2v) is 6.59. The van der Waals surface area contributed by atoms with Gasteiger partial charge in [0.05, 0.1) is 6.54 Å². The largest absolute Gasteiger partial charge is 0.312 e. The van der Waals surface area contributed by atoms with Crippen molar-refractivity contribution in [3.05, 3.63) is 18.5 Å². The first-order valence-corrected chi connectivity index (χ1v) is 7.28. The van der Waals surface area contributed by atoms with Gasteiger partial charge in [-0.3, -0.25) is 4.68 Å². The lowest BCUT2D eigenvalue weighted by Crippen LogP contribution is -2.45. The first-order chi connectivity index (χ1) is 8.57. The number of hydrogen-bond donors (Lipinski definition) is 1. The van der Waals surface area contributed by atoms with E-state index in [4.69, 9.17) is 0 Å². The second-order valence-electron chi connectivity index (χ2n) is 6.59. The van der Waals surface area contributed by atoms with E-state index in [0.29, 0.717) is 11.5 Å². The second kappa shape index (κ2) is 5.87. The highest BCUT2D eigenvalue weighted by Gasteiger charge is 2.33. The van der Waals surface area contributed by atoms with Gasteiger partial charge in [-0.25, -0.2) is 0 Å². The molecule has 0 amide bonds. The molecule has 1 fully saturated rings. The normalized spacial score (nSPS) is 25.3. The van der Waals surface area contributed by atoms with Crippen molar-refractivity contribution in [3.8, 4) is 0 Å². The SMILES string of the molecule is CC(C)(C)C1CCCCC1NCCn1cccn1. The van der Waals surface area contributed by atoms with E-state index in [-0.39, 0.29) is 0 Å². The lowest BCUT2D eigenvalue weighted by molar-refractivity contribution is 0.130. The first kappa shape index (κ1) is 13.6. The molecule has 0 aromatic carbocycles. The maximum Gasteiger partial charge on any atom is 0.0534 e. The summed E-state index contributed by atoms with van der Waals surface area (Å²) < 4.78 is 2.00. The summed E-state index contributed by atoms with van der Waals surface area (Å²) >= 11 is 0. The van der Waals surface area contributed by atoms with Crippen molar-refractivity contribution in [3.63, 3.8) is 0 Å². The van der Waals surface area contributed by atoms with Crippen molar-refractivity contribution >= 4 is 0 Å². The quantitative estimate of drug-likeness (QED) is 0.888. The molecule has 3 nitrogen and oxygen atoms in total. The molecule has 1 N–H and O–H groups in total. The lowest BCUT2D eigenvalue weighted by Gasteiger charge is -2.41. The molecule has 1 aromatic heterocycles. The van der Waals surface area contributed by atoms with Gasteiger partial charge in [0.15, 0.2) is 0 Å². The Hall–Kier alpha value is -0.830. The van der Waals surface area contributed by atoms with E-state index in [2.05, 4.69) is 31.2 Å². The van der Waals surface area contributed by atoms with E-state index < -0.39 is 0 Å². The number of hydrogen-bond acceptors (Lipinski definition) is 2. The van der Waals surface area contributed by atoms with Crippen LogP contribution < -0.4 is 5.32 Å². The molecule has 1 aliphatic carbocycles. The van der Waals surface area contributed by atoms with Crippen molar-refractivity contribution < 1.29 is 0 Å². The molecular formula is C15H27N3. The predicted molar refractivity (Wildman–Crippen MR) is 75.4 cm³/mol. The van der Waals surface area contributed by atoms with Gasteiger partial charge in [0.1, 0.15) is 0 Å². The number of aromatic nitrogens is 2. The van der Waals surface area contributed by atoms with Crippen LogP contribution >= 0.6 is 0 Å². The van der Waals surface area contributed by atoms with Gasteiger partial charge in [0.25, 0.3) is 0 Å². The molecule has 2 unspecified atom stereocenters. The summed E-state index contributed by atoms with van der Waals surface area (Å²) in [6, 6.07) is 2.67. The Balaban J connectivity index is 1.82. The highest BCUT2D eigenvalue weighted by atomic mass is 15.3. The van der Waals surface area contributed by atoms with Crippen LogP contribution in [0.4, 0.5) is 0 Å². The maximum atomic E-state index is 4.24. The van der Waals surface area contributed by atoms with Gasteiger partial charge >= 0.3 is 0 Å². The monoisotopic (exact) mass is 249 g/mol. The zero-order valence-corrected chi connectivity index (χ0v) is 12.0. The summed E-state index contributed by atoms with van der Waals surface area (Å²) in [5.41, 5.74) is 0.420. The average molecular weight is 249 g/mol. The average Bonchev–Trinajstić information content (AvgIpc) is 2.81. The Morgan fingerprint density at radius 2 is 2.06 bits per heavy atom. The Labute approximate surface area is 111 Å². The van der Waals surface area contributed by atoms with Crippen LogP contribution in [0.5, 0.6) is 0 Å². The van der Waals surface area contributed by atoms with Crippen molar-refractivity contribution in [2.45, 2.75) is 59.0 Å². The maximum absolute atomic E-state index is 4.24. The van der Waals surface area contributed by atoms with E-state index in [0.717, 1.165) is 19.0 Å². The third-order valence-corrected chi connectivity index (χ3v) is 4.18. The Morgan fingerprint density at radius 3 is 2.72 bits per heavy atom. The van der Waals surface area contributed by atoms with E-state index in [1.54, 1.807) is 0 Å². The zero-order chi connectivity index (χ0) is 13.0. The fourth-order valence-corrected chi connectivity index (χ4v) is 3.21. The molecule has 2 atom stereocenters. The van der Waals surface area contributed by atoms with Gasteiger partial charge in [-0.05, 0) is 30.2 Å². The van der Waals surface area contributed by atoms with Crippen LogP contribution in [0, 0.1) is 11.3 Å².